The lowest BCUT2D eigenvalue weighted by molar-refractivity contribution is 0.0475. The van der Waals surface area contributed by atoms with Crippen LogP contribution in [-0.2, 0) is 18.3 Å². The van der Waals surface area contributed by atoms with Gasteiger partial charge in [-0.2, -0.15) is 0 Å². The normalized spacial score (nSPS) is 14.5. The Kier molecular flexibility index (Phi) is 5.64. The summed E-state index contributed by atoms with van der Waals surface area (Å²) in [5.74, 6) is -0.516. The van der Waals surface area contributed by atoms with Crippen molar-refractivity contribution in [2.45, 2.75) is 19.4 Å². The quantitative estimate of drug-likeness (QED) is 0.579. The Bertz CT molecular complexity index is 1140. The van der Waals surface area contributed by atoms with Gasteiger partial charge in [-0.25, -0.2) is 9.59 Å². The molecule has 0 aliphatic carbocycles. The number of carbonyl (C=O) groups excluding carboxylic acids is 1. The fourth-order valence-corrected chi connectivity index (χ4v) is 4.69. The summed E-state index contributed by atoms with van der Waals surface area (Å²) in [5.41, 5.74) is 0.215. The summed E-state index contributed by atoms with van der Waals surface area (Å²) in [6, 6.07) is 9.31. The molecule has 0 amide bonds. The van der Waals surface area contributed by atoms with Crippen LogP contribution >= 0.6 is 11.3 Å². The SMILES string of the molecule is Cn1c(=O)n(Cc2ccccc2)c(=O)c2c(C(=O)OCCN3CCCC3)csc21. The van der Waals surface area contributed by atoms with Crippen molar-refractivity contribution >= 4 is 27.5 Å². The fourth-order valence-electron chi connectivity index (χ4n) is 3.70. The van der Waals surface area contributed by atoms with Crippen LogP contribution in [0, 0.1) is 0 Å². The molecular formula is C21H23N3O4S. The second-order valence-corrected chi connectivity index (χ2v) is 8.09. The minimum Gasteiger partial charge on any atom is -0.461 e. The Morgan fingerprint density at radius 3 is 2.59 bits per heavy atom. The maximum Gasteiger partial charge on any atom is 0.339 e. The summed E-state index contributed by atoms with van der Waals surface area (Å²) >= 11 is 1.21. The number of thiophene rings is 1. The molecule has 1 fully saturated rings. The molecule has 1 aromatic carbocycles. The molecule has 3 aromatic rings. The lowest BCUT2D eigenvalue weighted by atomic mass is 10.2. The summed E-state index contributed by atoms with van der Waals surface area (Å²) < 4.78 is 8.02. The first kappa shape index (κ1) is 19.6. The Morgan fingerprint density at radius 2 is 1.86 bits per heavy atom. The predicted octanol–water partition coefficient (Wildman–Crippen LogP) is 2.06. The highest BCUT2D eigenvalue weighted by atomic mass is 32.1. The van der Waals surface area contributed by atoms with Crippen molar-refractivity contribution in [3.63, 3.8) is 0 Å². The van der Waals surface area contributed by atoms with Gasteiger partial charge in [0.25, 0.3) is 5.56 Å². The van der Waals surface area contributed by atoms with Gasteiger partial charge in [-0.3, -0.25) is 18.8 Å². The Balaban J connectivity index is 1.64. The minimum atomic E-state index is -0.516. The maximum absolute atomic E-state index is 13.1. The average Bonchev–Trinajstić information content (AvgIpc) is 3.40. The molecule has 3 heterocycles. The van der Waals surface area contributed by atoms with Gasteiger partial charge in [0, 0.05) is 19.0 Å². The smallest absolute Gasteiger partial charge is 0.339 e. The second-order valence-electron chi connectivity index (χ2n) is 7.23. The van der Waals surface area contributed by atoms with Gasteiger partial charge >= 0.3 is 11.7 Å². The van der Waals surface area contributed by atoms with Crippen molar-refractivity contribution in [3.8, 4) is 0 Å². The number of carbonyl (C=O) groups is 1. The number of nitrogens with zero attached hydrogens (tertiary/aromatic N) is 3. The molecule has 2 aromatic heterocycles. The van der Waals surface area contributed by atoms with Crippen molar-refractivity contribution in [3.05, 3.63) is 67.7 Å². The minimum absolute atomic E-state index is 0.154. The van der Waals surface area contributed by atoms with Crippen LogP contribution in [0.3, 0.4) is 0 Å². The molecule has 8 heteroatoms. The van der Waals surface area contributed by atoms with Crippen molar-refractivity contribution in [2.75, 3.05) is 26.2 Å². The molecule has 1 aliphatic heterocycles. The standard InChI is InChI=1S/C21H23N3O4S/c1-22-19-17(18(25)24(21(22)27)13-15-7-3-2-4-8-15)16(14-29-19)20(26)28-12-11-23-9-5-6-10-23/h2-4,7-8,14H,5-6,9-13H2,1H3. The van der Waals surface area contributed by atoms with Gasteiger partial charge in [-0.1, -0.05) is 30.3 Å². The monoisotopic (exact) mass is 413 g/mol. The molecule has 152 valence electrons. The van der Waals surface area contributed by atoms with E-state index in [0.29, 0.717) is 18.0 Å². The van der Waals surface area contributed by atoms with Crippen LogP contribution in [0.2, 0.25) is 0 Å². The van der Waals surface area contributed by atoms with Crippen LogP contribution in [0.25, 0.3) is 10.2 Å². The van der Waals surface area contributed by atoms with Gasteiger partial charge in [0.2, 0.25) is 0 Å². The number of ether oxygens (including phenoxy) is 1. The molecule has 0 radical (unpaired) electrons. The molecule has 1 aliphatic rings. The third kappa shape index (κ3) is 3.90. The molecule has 1 saturated heterocycles. The highest BCUT2D eigenvalue weighted by molar-refractivity contribution is 7.17. The molecule has 0 saturated carbocycles. The average molecular weight is 413 g/mol. The number of aromatic nitrogens is 2. The van der Waals surface area contributed by atoms with Gasteiger partial charge in [-0.05, 0) is 31.5 Å². The highest BCUT2D eigenvalue weighted by Gasteiger charge is 2.22. The van der Waals surface area contributed by atoms with E-state index in [0.717, 1.165) is 18.7 Å². The van der Waals surface area contributed by atoms with E-state index >= 15 is 0 Å². The van der Waals surface area contributed by atoms with Crippen molar-refractivity contribution in [1.29, 1.82) is 0 Å². The van der Waals surface area contributed by atoms with Crippen LogP contribution in [-0.4, -0.2) is 46.2 Å². The van der Waals surface area contributed by atoms with E-state index in [1.165, 1.54) is 33.3 Å². The van der Waals surface area contributed by atoms with Crippen LogP contribution in [0.4, 0.5) is 0 Å². The summed E-state index contributed by atoms with van der Waals surface area (Å²) in [5, 5.41) is 1.86. The summed E-state index contributed by atoms with van der Waals surface area (Å²) in [6.45, 7) is 3.21. The molecule has 0 spiro atoms. The zero-order valence-corrected chi connectivity index (χ0v) is 17.1. The number of fused-ring (bicyclic) bond motifs is 1. The molecular weight excluding hydrogens is 390 g/mol. The molecule has 0 unspecified atom stereocenters. The zero-order valence-electron chi connectivity index (χ0n) is 16.3. The number of esters is 1. The first-order valence-corrected chi connectivity index (χ1v) is 10.6. The predicted molar refractivity (Wildman–Crippen MR) is 113 cm³/mol. The van der Waals surface area contributed by atoms with Gasteiger partial charge in [-0.15, -0.1) is 11.3 Å². The number of rotatable bonds is 6. The molecule has 0 atom stereocenters. The topological polar surface area (TPSA) is 73.5 Å². The van der Waals surface area contributed by atoms with Crippen molar-refractivity contribution in [2.24, 2.45) is 7.05 Å². The largest absolute Gasteiger partial charge is 0.461 e. The Labute approximate surface area is 171 Å². The zero-order chi connectivity index (χ0) is 20.4. The molecule has 29 heavy (non-hydrogen) atoms. The van der Waals surface area contributed by atoms with E-state index in [-0.39, 0.29) is 17.5 Å². The number of hydrogen-bond acceptors (Lipinski definition) is 6. The van der Waals surface area contributed by atoms with E-state index in [2.05, 4.69) is 4.90 Å². The fraction of sp³-hybridized carbons (Fsp3) is 0.381. The van der Waals surface area contributed by atoms with Crippen LogP contribution < -0.4 is 11.2 Å². The molecule has 4 rings (SSSR count). The van der Waals surface area contributed by atoms with Gasteiger partial charge in [0.15, 0.2) is 0 Å². The van der Waals surface area contributed by atoms with Crippen molar-refractivity contribution in [1.82, 2.24) is 14.0 Å². The highest BCUT2D eigenvalue weighted by Crippen LogP contribution is 2.22. The van der Waals surface area contributed by atoms with Crippen LogP contribution in [0.1, 0.15) is 28.8 Å². The number of likely N-dealkylation sites (tertiary alicyclic amines) is 1. The van der Waals surface area contributed by atoms with Crippen LogP contribution in [0.15, 0.2) is 45.3 Å². The first-order chi connectivity index (χ1) is 14.1. The third-order valence-electron chi connectivity index (χ3n) is 5.30. The van der Waals surface area contributed by atoms with E-state index in [4.69, 9.17) is 4.74 Å². The number of aryl methyl sites for hydroxylation is 1. The molecule has 0 N–H and O–H groups in total. The molecule has 0 bridgehead atoms. The van der Waals surface area contributed by atoms with E-state index < -0.39 is 17.2 Å². The Hall–Kier alpha value is -2.71. The van der Waals surface area contributed by atoms with Gasteiger partial charge < -0.3 is 4.74 Å². The van der Waals surface area contributed by atoms with Gasteiger partial charge in [0.05, 0.1) is 17.5 Å². The lowest BCUT2D eigenvalue weighted by Gasteiger charge is -2.14. The van der Waals surface area contributed by atoms with E-state index in [9.17, 15) is 14.4 Å². The third-order valence-corrected chi connectivity index (χ3v) is 6.35. The number of benzene rings is 1. The summed E-state index contributed by atoms with van der Waals surface area (Å²) in [4.78, 5) is 41.2. The van der Waals surface area contributed by atoms with Crippen molar-refractivity contribution < 1.29 is 9.53 Å². The van der Waals surface area contributed by atoms with E-state index in [1.54, 1.807) is 12.4 Å². The molecule has 7 nitrogen and oxygen atoms in total. The summed E-state index contributed by atoms with van der Waals surface area (Å²) in [7, 11) is 1.62. The Morgan fingerprint density at radius 1 is 1.14 bits per heavy atom. The van der Waals surface area contributed by atoms with Gasteiger partial charge in [0.1, 0.15) is 11.4 Å². The lowest BCUT2D eigenvalue weighted by Crippen LogP contribution is -2.39. The first-order valence-electron chi connectivity index (χ1n) is 9.70. The number of hydrogen-bond donors (Lipinski definition) is 0. The summed E-state index contributed by atoms with van der Waals surface area (Å²) in [6.07, 6.45) is 2.36. The second kappa shape index (κ2) is 8.34. The maximum atomic E-state index is 13.1. The van der Waals surface area contributed by atoms with E-state index in [1.807, 2.05) is 30.3 Å². The van der Waals surface area contributed by atoms with Crippen LogP contribution in [0.5, 0.6) is 0 Å².